The van der Waals surface area contributed by atoms with Crippen molar-refractivity contribution < 1.29 is 53.7 Å². The van der Waals surface area contributed by atoms with Gasteiger partial charge in [-0.2, -0.15) is 0 Å². The molecule has 15 N–H and O–H groups in total. The maximum Gasteiger partial charge on any atom is 0.326 e. The standard InChI is InChI=1S/C26H44N10O11/c1-12(32-23(44)17-5-3-9-36(17)24(45)13(27)6-7-19(39)40)20(41)34-15(10-18(28)38)21(42)35-16(11-37)22(43)33-14(25(46)47)4-2-8-31-26(29)30/h12-17,37H,2-11,27H2,1H3,(H2,28,38)(H,32,44)(H,33,43)(H,34,41)(H,35,42)(H,39,40)(H,46,47)(H4,29,30,31)/t12-,13-,14-,15-,16-,17-/m0/s1. The Labute approximate surface area is 269 Å². The number of nitrogens with zero attached hydrogens (tertiary/aromatic N) is 2. The number of aliphatic carboxylic acids is 2. The van der Waals surface area contributed by atoms with Crippen molar-refractivity contribution in [2.24, 2.45) is 27.9 Å². The number of nitrogens with one attached hydrogen (secondary N) is 4. The molecule has 0 saturated carbocycles. The minimum Gasteiger partial charge on any atom is -0.481 e. The van der Waals surface area contributed by atoms with E-state index in [-0.39, 0.29) is 51.2 Å². The lowest BCUT2D eigenvalue weighted by Gasteiger charge is -2.28. The topological polar surface area (TPSA) is 365 Å². The number of carboxylic acid groups (broad SMARTS) is 2. The first-order valence-electron chi connectivity index (χ1n) is 14.6. The molecule has 0 bridgehead atoms. The number of nitrogens with two attached hydrogens (primary N) is 4. The summed E-state index contributed by atoms with van der Waals surface area (Å²) >= 11 is 0. The third-order valence-electron chi connectivity index (χ3n) is 6.99. The predicted molar refractivity (Wildman–Crippen MR) is 161 cm³/mol. The lowest BCUT2D eigenvalue weighted by atomic mass is 10.1. The monoisotopic (exact) mass is 672 g/mol. The van der Waals surface area contributed by atoms with Crippen molar-refractivity contribution in [3.63, 3.8) is 0 Å². The van der Waals surface area contributed by atoms with E-state index in [1.54, 1.807) is 0 Å². The van der Waals surface area contributed by atoms with E-state index in [2.05, 4.69) is 26.3 Å². The van der Waals surface area contributed by atoms with Gasteiger partial charge in [-0.15, -0.1) is 0 Å². The van der Waals surface area contributed by atoms with Crippen molar-refractivity contribution in [3.05, 3.63) is 0 Å². The quantitative estimate of drug-likeness (QED) is 0.0326. The van der Waals surface area contributed by atoms with Crippen LogP contribution in [0.4, 0.5) is 0 Å². The molecule has 0 aromatic rings. The van der Waals surface area contributed by atoms with Gasteiger partial charge in [0.2, 0.25) is 35.4 Å². The van der Waals surface area contributed by atoms with Gasteiger partial charge >= 0.3 is 11.9 Å². The SMILES string of the molecule is C[C@H](NC(=O)[C@@H]1CCCN1C(=O)[C@@H](N)CCC(=O)O)C(=O)N[C@@H](CC(N)=O)C(=O)N[C@@H](CO)C(=O)N[C@@H](CCCN=C(N)N)C(=O)O. The predicted octanol–water partition coefficient (Wildman–Crippen LogP) is -5.87. The summed E-state index contributed by atoms with van der Waals surface area (Å²) in [5, 5.41) is 36.9. The normalized spacial score (nSPS) is 17.2. The first-order valence-corrected chi connectivity index (χ1v) is 14.6. The number of hydrogen-bond acceptors (Lipinski definition) is 11. The Hall–Kier alpha value is -5.05. The van der Waals surface area contributed by atoms with Crippen LogP contribution in [0.3, 0.4) is 0 Å². The van der Waals surface area contributed by atoms with Gasteiger partial charge in [-0.3, -0.25) is 38.6 Å². The molecule has 21 nitrogen and oxygen atoms in total. The molecule has 1 heterocycles. The molecule has 21 heteroatoms. The van der Waals surface area contributed by atoms with Crippen molar-refractivity contribution >= 4 is 53.3 Å². The summed E-state index contributed by atoms with van der Waals surface area (Å²) in [6.07, 6.45) is -0.473. The number of aliphatic hydroxyl groups excluding tert-OH is 1. The number of amides is 6. The molecular weight excluding hydrogens is 628 g/mol. The highest BCUT2D eigenvalue weighted by molar-refractivity contribution is 5.97. The van der Waals surface area contributed by atoms with Crippen LogP contribution < -0.4 is 44.2 Å². The number of carbonyl (C=O) groups is 8. The Morgan fingerprint density at radius 2 is 1.47 bits per heavy atom. The van der Waals surface area contributed by atoms with Crippen molar-refractivity contribution in [2.45, 2.75) is 88.1 Å². The summed E-state index contributed by atoms with van der Waals surface area (Å²) < 4.78 is 0. The molecular formula is C26H44N10O11. The molecule has 1 rings (SSSR count). The third-order valence-corrected chi connectivity index (χ3v) is 6.99. The van der Waals surface area contributed by atoms with E-state index in [1.165, 1.54) is 11.8 Å². The van der Waals surface area contributed by atoms with Gasteiger partial charge in [-0.05, 0) is 39.0 Å². The molecule has 0 aromatic carbocycles. The average Bonchev–Trinajstić information content (AvgIpc) is 3.48. The molecule has 0 spiro atoms. The molecule has 1 aliphatic rings. The van der Waals surface area contributed by atoms with Crippen molar-refractivity contribution in [2.75, 3.05) is 19.7 Å². The maximum atomic E-state index is 13.0. The van der Waals surface area contributed by atoms with E-state index < -0.39 is 96.7 Å². The lowest BCUT2D eigenvalue weighted by molar-refractivity contribution is -0.143. The van der Waals surface area contributed by atoms with E-state index in [4.69, 9.17) is 28.0 Å². The number of likely N-dealkylation sites (tertiary alicyclic amines) is 1. The van der Waals surface area contributed by atoms with Gasteiger partial charge in [0.15, 0.2) is 5.96 Å². The molecule has 264 valence electrons. The number of aliphatic hydroxyl groups is 1. The van der Waals surface area contributed by atoms with Crippen molar-refractivity contribution in [1.29, 1.82) is 0 Å². The summed E-state index contributed by atoms with van der Waals surface area (Å²) in [6, 6.07) is -8.25. The first kappa shape index (κ1) is 40.0. The highest BCUT2D eigenvalue weighted by Crippen LogP contribution is 2.19. The fraction of sp³-hybridized carbons (Fsp3) is 0.654. The lowest BCUT2D eigenvalue weighted by Crippen LogP contribution is -2.59. The van der Waals surface area contributed by atoms with Crippen LogP contribution in [0.1, 0.15) is 51.9 Å². The summed E-state index contributed by atoms with van der Waals surface area (Å²) in [5.74, 6) is -8.30. The van der Waals surface area contributed by atoms with Crippen molar-refractivity contribution in [1.82, 2.24) is 26.2 Å². The number of primary amides is 1. The Bertz CT molecular complexity index is 1210. The molecule has 6 atom stereocenters. The van der Waals surface area contributed by atoms with E-state index >= 15 is 0 Å². The Balaban J connectivity index is 2.87. The van der Waals surface area contributed by atoms with Crippen LogP contribution in [0.15, 0.2) is 4.99 Å². The number of carbonyl (C=O) groups excluding carboxylic acids is 6. The third kappa shape index (κ3) is 13.9. The molecule has 0 aromatic heterocycles. The average molecular weight is 673 g/mol. The smallest absolute Gasteiger partial charge is 0.326 e. The molecule has 6 amide bonds. The van der Waals surface area contributed by atoms with Gasteiger partial charge in [0.1, 0.15) is 30.2 Å². The van der Waals surface area contributed by atoms with Gasteiger partial charge in [-0.1, -0.05) is 0 Å². The van der Waals surface area contributed by atoms with Gasteiger partial charge in [0.05, 0.1) is 19.1 Å². The molecule has 47 heavy (non-hydrogen) atoms. The number of hydrogen-bond donors (Lipinski definition) is 11. The summed E-state index contributed by atoms with van der Waals surface area (Å²) in [4.78, 5) is 103. The fourth-order valence-electron chi connectivity index (χ4n) is 4.50. The van der Waals surface area contributed by atoms with Crippen LogP contribution in [0, 0.1) is 0 Å². The second-order valence-corrected chi connectivity index (χ2v) is 10.8. The zero-order chi connectivity index (χ0) is 35.8. The van der Waals surface area contributed by atoms with Crippen molar-refractivity contribution in [3.8, 4) is 0 Å². The van der Waals surface area contributed by atoms with E-state index in [0.29, 0.717) is 6.42 Å². The Morgan fingerprint density at radius 3 is 2.02 bits per heavy atom. The van der Waals surface area contributed by atoms with E-state index in [0.717, 1.165) is 0 Å². The summed E-state index contributed by atoms with van der Waals surface area (Å²) in [7, 11) is 0. The van der Waals surface area contributed by atoms with Crippen LogP contribution in [0.25, 0.3) is 0 Å². The number of rotatable bonds is 20. The highest BCUT2D eigenvalue weighted by Gasteiger charge is 2.37. The maximum absolute atomic E-state index is 13.0. The van der Waals surface area contributed by atoms with Crippen LogP contribution in [0.2, 0.25) is 0 Å². The summed E-state index contributed by atoms with van der Waals surface area (Å²) in [6.45, 7) is 0.535. The molecule has 1 saturated heterocycles. The minimum atomic E-state index is -1.70. The van der Waals surface area contributed by atoms with Crippen LogP contribution in [-0.4, -0.2) is 130 Å². The van der Waals surface area contributed by atoms with Crippen LogP contribution in [0.5, 0.6) is 0 Å². The van der Waals surface area contributed by atoms with Crippen LogP contribution >= 0.6 is 0 Å². The molecule has 1 aliphatic heterocycles. The van der Waals surface area contributed by atoms with Gasteiger partial charge < -0.3 is 64.4 Å². The molecule has 1 fully saturated rings. The van der Waals surface area contributed by atoms with Gasteiger partial charge in [-0.25, -0.2) is 4.79 Å². The highest BCUT2D eigenvalue weighted by atomic mass is 16.4. The largest absolute Gasteiger partial charge is 0.481 e. The molecule has 0 unspecified atom stereocenters. The summed E-state index contributed by atoms with van der Waals surface area (Å²) in [5.41, 5.74) is 21.4. The first-order chi connectivity index (χ1) is 22.0. The van der Waals surface area contributed by atoms with E-state index in [1.807, 2.05) is 0 Å². The number of aliphatic imine (C=N–C) groups is 1. The molecule has 0 radical (unpaired) electrons. The second kappa shape index (κ2) is 19.5. The van der Waals surface area contributed by atoms with E-state index in [9.17, 15) is 48.6 Å². The Kier molecular flexibility index (Phi) is 16.6. The molecule has 0 aliphatic carbocycles. The Morgan fingerprint density at radius 1 is 0.872 bits per heavy atom. The zero-order valence-electron chi connectivity index (χ0n) is 25.8. The second-order valence-electron chi connectivity index (χ2n) is 10.8. The van der Waals surface area contributed by atoms with Crippen LogP contribution in [-0.2, 0) is 38.4 Å². The number of guanidine groups is 1. The minimum absolute atomic E-state index is 0.0787. The zero-order valence-corrected chi connectivity index (χ0v) is 25.8. The number of carboxylic acids is 2. The van der Waals surface area contributed by atoms with Gasteiger partial charge in [0, 0.05) is 19.5 Å². The van der Waals surface area contributed by atoms with Gasteiger partial charge in [0.25, 0.3) is 0 Å². The fourth-order valence-corrected chi connectivity index (χ4v) is 4.50.